The number of hydrogen-bond donors (Lipinski definition) is 1. The molecule has 1 aromatic heterocycles. The lowest BCUT2D eigenvalue weighted by Gasteiger charge is -2.14. The number of hydrogen-bond acceptors (Lipinski definition) is 3. The minimum Gasteiger partial charge on any atom is -0.352 e. The Labute approximate surface area is 148 Å². The third-order valence-electron chi connectivity index (χ3n) is 3.55. The highest BCUT2D eigenvalue weighted by molar-refractivity contribution is 8.00. The summed E-state index contributed by atoms with van der Waals surface area (Å²) in [5, 5.41) is 7.19. The number of halogens is 3. The summed E-state index contributed by atoms with van der Waals surface area (Å²) in [4.78, 5) is 12.2. The molecule has 0 saturated heterocycles. The molecule has 1 amide bonds. The van der Waals surface area contributed by atoms with Crippen LogP contribution in [-0.2, 0) is 6.54 Å². The highest BCUT2D eigenvalue weighted by Crippen LogP contribution is 2.36. The molecule has 1 atom stereocenters. The summed E-state index contributed by atoms with van der Waals surface area (Å²) in [5.41, 5.74) is -1.98. The van der Waals surface area contributed by atoms with E-state index in [0.29, 0.717) is 18.7 Å². The molecule has 8 heteroatoms. The molecule has 136 valence electrons. The van der Waals surface area contributed by atoms with Crippen molar-refractivity contribution < 1.29 is 18.0 Å². The van der Waals surface area contributed by atoms with E-state index in [1.54, 1.807) is 0 Å². The molecule has 0 aliphatic heterocycles. The van der Waals surface area contributed by atoms with Crippen molar-refractivity contribution in [1.82, 2.24) is 15.1 Å². The zero-order valence-electron chi connectivity index (χ0n) is 14.2. The van der Waals surface area contributed by atoms with Gasteiger partial charge in [0.05, 0.1) is 5.69 Å². The molecule has 0 saturated carbocycles. The number of alkyl halides is 3. The fourth-order valence-corrected chi connectivity index (χ4v) is 2.94. The fraction of sp³-hybridized carbons (Fsp3) is 0.412. The number of carbonyl (C=O) groups excluding carboxylic acids is 1. The summed E-state index contributed by atoms with van der Waals surface area (Å²) in [6, 6.07) is 7.38. The molecule has 0 fully saturated rings. The minimum atomic E-state index is -4.33. The maximum atomic E-state index is 12.3. The van der Waals surface area contributed by atoms with Gasteiger partial charge in [-0.1, -0.05) is 6.92 Å². The Morgan fingerprint density at radius 3 is 2.44 bits per heavy atom. The van der Waals surface area contributed by atoms with Gasteiger partial charge in [0.25, 0.3) is 5.91 Å². The van der Waals surface area contributed by atoms with E-state index < -0.39 is 5.51 Å². The lowest BCUT2D eigenvalue weighted by Crippen LogP contribution is -2.30. The Bertz CT molecular complexity index is 726. The van der Waals surface area contributed by atoms with E-state index in [-0.39, 0.29) is 28.5 Å². The maximum Gasteiger partial charge on any atom is 0.446 e. The second-order valence-electron chi connectivity index (χ2n) is 6.00. The first-order chi connectivity index (χ1) is 11.6. The Morgan fingerprint density at radius 2 is 1.92 bits per heavy atom. The topological polar surface area (TPSA) is 46.9 Å². The SMILES string of the molecule is Cc1cc(C)n(CC(C)CNC(=O)c2ccc(SC(F)(F)F)cc2)n1. The zero-order chi connectivity index (χ0) is 18.6. The van der Waals surface area contributed by atoms with Gasteiger partial charge in [0, 0.05) is 29.2 Å². The molecule has 1 heterocycles. The van der Waals surface area contributed by atoms with Crippen molar-refractivity contribution >= 4 is 17.7 Å². The molecule has 1 unspecified atom stereocenters. The molecule has 0 bridgehead atoms. The van der Waals surface area contributed by atoms with Gasteiger partial charge in [0.15, 0.2) is 0 Å². The van der Waals surface area contributed by atoms with E-state index >= 15 is 0 Å². The predicted octanol–water partition coefficient (Wildman–Crippen LogP) is 4.18. The summed E-state index contributed by atoms with van der Waals surface area (Å²) in [6.45, 7) is 7.04. The van der Waals surface area contributed by atoms with Crippen molar-refractivity contribution in [3.05, 3.63) is 47.3 Å². The van der Waals surface area contributed by atoms with E-state index in [1.807, 2.05) is 31.5 Å². The van der Waals surface area contributed by atoms with Gasteiger partial charge in [-0.05, 0) is 61.9 Å². The summed E-state index contributed by atoms with van der Waals surface area (Å²) in [6.07, 6.45) is 0. The Morgan fingerprint density at radius 1 is 1.28 bits per heavy atom. The van der Waals surface area contributed by atoms with Gasteiger partial charge in [-0.25, -0.2) is 0 Å². The largest absolute Gasteiger partial charge is 0.446 e. The van der Waals surface area contributed by atoms with Gasteiger partial charge >= 0.3 is 5.51 Å². The van der Waals surface area contributed by atoms with Crippen molar-refractivity contribution in [3.63, 3.8) is 0 Å². The zero-order valence-corrected chi connectivity index (χ0v) is 15.0. The summed E-state index contributed by atoms with van der Waals surface area (Å²) in [5.74, 6) is -0.134. The van der Waals surface area contributed by atoms with Crippen LogP contribution in [-0.4, -0.2) is 27.7 Å². The Balaban J connectivity index is 1.86. The molecular formula is C17H20F3N3OS. The van der Waals surface area contributed by atoms with Crippen LogP contribution >= 0.6 is 11.8 Å². The smallest absolute Gasteiger partial charge is 0.352 e. The number of thioether (sulfide) groups is 1. The van der Waals surface area contributed by atoms with E-state index in [4.69, 9.17) is 0 Å². The van der Waals surface area contributed by atoms with Crippen LogP contribution < -0.4 is 5.32 Å². The van der Waals surface area contributed by atoms with Crippen LogP contribution in [0.1, 0.15) is 28.7 Å². The van der Waals surface area contributed by atoms with Crippen LogP contribution in [0.5, 0.6) is 0 Å². The molecule has 4 nitrogen and oxygen atoms in total. The third kappa shape index (κ3) is 6.12. The van der Waals surface area contributed by atoms with Crippen LogP contribution in [0, 0.1) is 19.8 Å². The second-order valence-corrected chi connectivity index (χ2v) is 7.14. The van der Waals surface area contributed by atoms with Gasteiger partial charge in [-0.15, -0.1) is 0 Å². The summed E-state index contributed by atoms with van der Waals surface area (Å²) < 4.78 is 38.8. The van der Waals surface area contributed by atoms with E-state index in [9.17, 15) is 18.0 Å². The van der Waals surface area contributed by atoms with Gasteiger partial charge in [0.2, 0.25) is 0 Å². The number of nitrogens with one attached hydrogen (secondary N) is 1. The second kappa shape index (κ2) is 7.95. The van der Waals surface area contributed by atoms with Crippen molar-refractivity contribution in [2.75, 3.05) is 6.54 Å². The molecule has 25 heavy (non-hydrogen) atoms. The van der Waals surface area contributed by atoms with Gasteiger partial charge in [-0.3, -0.25) is 9.48 Å². The molecule has 2 aromatic rings. The quantitative estimate of drug-likeness (QED) is 0.775. The van der Waals surface area contributed by atoms with Crippen LogP contribution in [0.3, 0.4) is 0 Å². The van der Waals surface area contributed by atoms with E-state index in [0.717, 1.165) is 11.4 Å². The van der Waals surface area contributed by atoms with Gasteiger partial charge in [0.1, 0.15) is 0 Å². The summed E-state index contributed by atoms with van der Waals surface area (Å²) in [7, 11) is 0. The lowest BCUT2D eigenvalue weighted by atomic mass is 10.1. The van der Waals surface area contributed by atoms with Crippen LogP contribution in [0.2, 0.25) is 0 Å². The lowest BCUT2D eigenvalue weighted by molar-refractivity contribution is -0.0328. The molecule has 0 aliphatic rings. The predicted molar refractivity (Wildman–Crippen MR) is 91.6 cm³/mol. The van der Waals surface area contributed by atoms with Gasteiger partial charge in [-0.2, -0.15) is 18.3 Å². The number of carbonyl (C=O) groups is 1. The Hall–Kier alpha value is -1.96. The van der Waals surface area contributed by atoms with Crippen molar-refractivity contribution in [3.8, 4) is 0 Å². The molecule has 0 spiro atoms. The van der Waals surface area contributed by atoms with Gasteiger partial charge < -0.3 is 5.32 Å². The molecule has 1 aromatic carbocycles. The monoisotopic (exact) mass is 371 g/mol. The molecular weight excluding hydrogens is 351 g/mol. The minimum absolute atomic E-state index is 0.0574. The first kappa shape index (κ1) is 19.4. The Kier molecular flexibility index (Phi) is 6.16. The maximum absolute atomic E-state index is 12.3. The van der Waals surface area contributed by atoms with Crippen LogP contribution in [0.4, 0.5) is 13.2 Å². The normalized spacial score (nSPS) is 12.9. The number of amides is 1. The third-order valence-corrected chi connectivity index (χ3v) is 4.29. The van der Waals surface area contributed by atoms with E-state index in [2.05, 4.69) is 10.4 Å². The average molecular weight is 371 g/mol. The standard InChI is InChI=1S/C17H20F3N3OS/c1-11(10-23-13(3)8-12(2)22-23)9-21-16(24)14-4-6-15(7-5-14)25-17(18,19)20/h4-8,11H,9-10H2,1-3H3,(H,21,24). The first-order valence-electron chi connectivity index (χ1n) is 7.79. The fourth-order valence-electron chi connectivity index (χ4n) is 2.40. The van der Waals surface area contributed by atoms with Crippen molar-refractivity contribution in [2.45, 2.75) is 37.7 Å². The highest BCUT2D eigenvalue weighted by atomic mass is 32.2. The number of aromatic nitrogens is 2. The first-order valence-corrected chi connectivity index (χ1v) is 8.61. The van der Waals surface area contributed by atoms with Crippen molar-refractivity contribution in [2.24, 2.45) is 5.92 Å². The molecule has 1 N–H and O–H groups in total. The number of benzene rings is 1. The molecule has 0 radical (unpaired) electrons. The average Bonchev–Trinajstić information content (AvgIpc) is 2.81. The number of nitrogens with zero attached hydrogens (tertiary/aromatic N) is 2. The molecule has 0 aliphatic carbocycles. The number of rotatable bonds is 6. The highest BCUT2D eigenvalue weighted by Gasteiger charge is 2.29. The van der Waals surface area contributed by atoms with Crippen LogP contribution in [0.25, 0.3) is 0 Å². The van der Waals surface area contributed by atoms with E-state index in [1.165, 1.54) is 24.3 Å². The molecule has 2 rings (SSSR count). The summed E-state index contributed by atoms with van der Waals surface area (Å²) >= 11 is -0.197. The van der Waals surface area contributed by atoms with Crippen LogP contribution in [0.15, 0.2) is 35.2 Å². The van der Waals surface area contributed by atoms with Crippen molar-refractivity contribution in [1.29, 1.82) is 0 Å². The number of aryl methyl sites for hydroxylation is 2.